The third kappa shape index (κ3) is 1.12. The molecule has 72 valence electrons. The molecule has 2 fully saturated rings. The molecule has 0 radical (unpaired) electrons. The van der Waals surface area contributed by atoms with Gasteiger partial charge in [0, 0.05) is 12.0 Å². The highest BCUT2D eigenvalue weighted by Gasteiger charge is 2.53. The van der Waals surface area contributed by atoms with E-state index in [1.807, 2.05) is 0 Å². The van der Waals surface area contributed by atoms with E-state index in [-0.39, 0.29) is 11.3 Å². The fourth-order valence-corrected chi connectivity index (χ4v) is 2.66. The van der Waals surface area contributed by atoms with Crippen molar-refractivity contribution in [3.05, 3.63) is 0 Å². The maximum atomic E-state index is 11.3. The van der Waals surface area contributed by atoms with Crippen molar-refractivity contribution < 1.29 is 14.7 Å². The summed E-state index contributed by atoms with van der Waals surface area (Å²) in [5.41, 5.74) is -0.261. The van der Waals surface area contributed by atoms with Gasteiger partial charge in [-0.3, -0.25) is 9.59 Å². The number of hydrogen-bond acceptors (Lipinski definition) is 2. The summed E-state index contributed by atoms with van der Waals surface area (Å²) in [6.07, 6.45) is 3.86. The number of carbonyl (C=O) groups excluding carboxylic acids is 1. The fourth-order valence-electron chi connectivity index (χ4n) is 2.66. The molecule has 4 heteroatoms. The Balaban J connectivity index is 2.28. The average Bonchev–Trinajstić information content (AvgIpc) is 2.61. The molecule has 1 atom stereocenters. The number of carbonyl (C=O) groups is 2. The Bertz CT molecular complexity index is 256. The minimum Gasteiger partial charge on any atom is -0.481 e. The van der Waals surface area contributed by atoms with Gasteiger partial charge in [0.15, 0.2) is 0 Å². The molecule has 0 aromatic heterocycles. The third-order valence-corrected chi connectivity index (χ3v) is 3.34. The molecule has 1 saturated carbocycles. The molecule has 1 saturated heterocycles. The second kappa shape index (κ2) is 2.72. The number of nitrogens with one attached hydrogen (secondary N) is 1. The van der Waals surface area contributed by atoms with Crippen LogP contribution < -0.4 is 5.32 Å². The van der Waals surface area contributed by atoms with Crippen LogP contribution in [0.1, 0.15) is 25.7 Å². The Morgan fingerprint density at radius 2 is 2.08 bits per heavy atom. The quantitative estimate of drug-likeness (QED) is 0.577. The number of carboxylic acid groups (broad SMARTS) is 1. The second-order valence-corrected chi connectivity index (χ2v) is 4.06. The summed E-state index contributed by atoms with van der Waals surface area (Å²) in [6, 6.07) is 0. The van der Waals surface area contributed by atoms with Crippen molar-refractivity contribution in [1.29, 1.82) is 0 Å². The van der Waals surface area contributed by atoms with Gasteiger partial charge in [0.1, 0.15) is 5.92 Å². The van der Waals surface area contributed by atoms with Crippen molar-refractivity contribution in [3.8, 4) is 0 Å². The van der Waals surface area contributed by atoms with Gasteiger partial charge in [-0.25, -0.2) is 0 Å². The van der Waals surface area contributed by atoms with Gasteiger partial charge in [0.25, 0.3) is 0 Å². The van der Waals surface area contributed by atoms with Crippen molar-refractivity contribution in [2.45, 2.75) is 25.7 Å². The van der Waals surface area contributed by atoms with Gasteiger partial charge in [-0.2, -0.15) is 0 Å². The van der Waals surface area contributed by atoms with E-state index in [0.717, 1.165) is 25.7 Å². The van der Waals surface area contributed by atoms with E-state index in [2.05, 4.69) is 5.32 Å². The van der Waals surface area contributed by atoms with E-state index in [9.17, 15) is 9.59 Å². The van der Waals surface area contributed by atoms with Crippen molar-refractivity contribution in [1.82, 2.24) is 5.32 Å². The molecule has 2 N–H and O–H groups in total. The summed E-state index contributed by atoms with van der Waals surface area (Å²) in [4.78, 5) is 22.2. The van der Waals surface area contributed by atoms with Gasteiger partial charge in [-0.05, 0) is 12.8 Å². The zero-order valence-electron chi connectivity index (χ0n) is 7.38. The molecule has 1 amide bonds. The Labute approximate surface area is 76.3 Å². The van der Waals surface area contributed by atoms with E-state index in [1.54, 1.807) is 0 Å². The summed E-state index contributed by atoms with van der Waals surface area (Å²) in [5, 5.41) is 11.6. The average molecular weight is 183 g/mol. The Morgan fingerprint density at radius 3 is 2.62 bits per heavy atom. The van der Waals surface area contributed by atoms with E-state index in [0.29, 0.717) is 6.54 Å². The second-order valence-electron chi connectivity index (χ2n) is 4.06. The number of carboxylic acids is 1. The SMILES string of the molecule is O=C(O)C1C(=O)NCC12CCCC2. The Morgan fingerprint density at radius 1 is 1.46 bits per heavy atom. The van der Waals surface area contributed by atoms with E-state index >= 15 is 0 Å². The first-order valence-electron chi connectivity index (χ1n) is 4.66. The van der Waals surface area contributed by atoms with Gasteiger partial charge in [-0.1, -0.05) is 12.8 Å². The summed E-state index contributed by atoms with van der Waals surface area (Å²) >= 11 is 0. The van der Waals surface area contributed by atoms with Crippen LogP contribution in [-0.2, 0) is 9.59 Å². The van der Waals surface area contributed by atoms with Crippen LogP contribution in [0.25, 0.3) is 0 Å². The van der Waals surface area contributed by atoms with Crippen LogP contribution in [0.3, 0.4) is 0 Å². The molecular formula is C9H13NO3. The molecule has 0 aromatic carbocycles. The van der Waals surface area contributed by atoms with Crippen LogP contribution in [-0.4, -0.2) is 23.5 Å². The molecule has 0 bridgehead atoms. The number of amides is 1. The van der Waals surface area contributed by atoms with Crippen molar-refractivity contribution >= 4 is 11.9 Å². The van der Waals surface area contributed by atoms with E-state index in [4.69, 9.17) is 5.11 Å². The van der Waals surface area contributed by atoms with Crippen molar-refractivity contribution in [2.24, 2.45) is 11.3 Å². The molecular weight excluding hydrogens is 170 g/mol. The lowest BCUT2D eigenvalue weighted by molar-refractivity contribution is -0.149. The topological polar surface area (TPSA) is 66.4 Å². The monoisotopic (exact) mass is 183 g/mol. The fraction of sp³-hybridized carbons (Fsp3) is 0.778. The number of hydrogen-bond donors (Lipinski definition) is 2. The molecule has 1 spiro atoms. The lowest BCUT2D eigenvalue weighted by Gasteiger charge is -2.24. The molecule has 4 nitrogen and oxygen atoms in total. The van der Waals surface area contributed by atoms with E-state index in [1.165, 1.54) is 0 Å². The maximum Gasteiger partial charge on any atom is 0.316 e. The lowest BCUT2D eigenvalue weighted by atomic mass is 9.76. The zero-order chi connectivity index (χ0) is 9.47. The third-order valence-electron chi connectivity index (χ3n) is 3.34. The zero-order valence-corrected chi connectivity index (χ0v) is 7.38. The molecule has 1 aliphatic heterocycles. The standard InChI is InChI=1S/C9H13NO3/c11-7-6(8(12)13)9(5-10-7)3-1-2-4-9/h6H,1-5H2,(H,10,11)(H,12,13). The first-order valence-corrected chi connectivity index (χ1v) is 4.66. The van der Waals surface area contributed by atoms with Gasteiger partial charge >= 0.3 is 5.97 Å². The van der Waals surface area contributed by atoms with Crippen LogP contribution in [0.5, 0.6) is 0 Å². The number of rotatable bonds is 1. The van der Waals surface area contributed by atoms with E-state index < -0.39 is 11.9 Å². The summed E-state index contributed by atoms with van der Waals surface area (Å²) < 4.78 is 0. The first-order chi connectivity index (χ1) is 6.16. The molecule has 2 aliphatic rings. The highest BCUT2D eigenvalue weighted by Crippen LogP contribution is 2.46. The van der Waals surface area contributed by atoms with Gasteiger partial charge in [0.05, 0.1) is 0 Å². The Hall–Kier alpha value is -1.06. The van der Waals surface area contributed by atoms with Crippen LogP contribution in [0, 0.1) is 11.3 Å². The molecule has 1 aliphatic carbocycles. The highest BCUT2D eigenvalue weighted by atomic mass is 16.4. The van der Waals surface area contributed by atoms with Crippen molar-refractivity contribution in [3.63, 3.8) is 0 Å². The normalized spacial score (nSPS) is 30.8. The molecule has 1 heterocycles. The van der Waals surface area contributed by atoms with Gasteiger partial charge in [0.2, 0.25) is 5.91 Å². The molecule has 13 heavy (non-hydrogen) atoms. The minimum atomic E-state index is -0.961. The predicted octanol–water partition coefficient (Wildman–Crippen LogP) is 0.377. The summed E-state index contributed by atoms with van der Waals surface area (Å²) in [6.45, 7) is 0.558. The minimum absolute atomic E-state index is 0.261. The van der Waals surface area contributed by atoms with Crippen LogP contribution in [0.2, 0.25) is 0 Å². The largest absolute Gasteiger partial charge is 0.481 e. The smallest absolute Gasteiger partial charge is 0.316 e. The van der Waals surface area contributed by atoms with Gasteiger partial charge < -0.3 is 10.4 Å². The summed E-state index contributed by atoms with van der Waals surface area (Å²) in [5.74, 6) is -2.05. The predicted molar refractivity (Wildman–Crippen MR) is 45.0 cm³/mol. The van der Waals surface area contributed by atoms with Gasteiger partial charge in [-0.15, -0.1) is 0 Å². The summed E-state index contributed by atoms with van der Waals surface area (Å²) in [7, 11) is 0. The molecule has 1 unspecified atom stereocenters. The van der Waals surface area contributed by atoms with Crippen LogP contribution in [0.4, 0.5) is 0 Å². The molecule has 2 rings (SSSR count). The van der Waals surface area contributed by atoms with Crippen molar-refractivity contribution in [2.75, 3.05) is 6.54 Å². The van der Waals surface area contributed by atoms with Crippen LogP contribution in [0.15, 0.2) is 0 Å². The first kappa shape index (κ1) is 8.53. The molecule has 0 aromatic rings. The Kier molecular flexibility index (Phi) is 1.78. The lowest BCUT2D eigenvalue weighted by Crippen LogP contribution is -2.34. The number of aliphatic carboxylic acids is 1. The highest BCUT2D eigenvalue weighted by molar-refractivity contribution is 5.99. The van der Waals surface area contributed by atoms with Crippen LogP contribution >= 0.6 is 0 Å². The maximum absolute atomic E-state index is 11.3.